The monoisotopic (exact) mass is 363 g/mol. The number of nitrogens with zero attached hydrogens (tertiary/aromatic N) is 2. The molecule has 132 valence electrons. The van der Waals surface area contributed by atoms with E-state index < -0.39 is 26.1 Å². The first-order valence-corrected chi connectivity index (χ1v) is 11.0. The minimum Gasteiger partial charge on any atom is -0.398 e. The molecule has 0 aromatic heterocycles. The molecule has 7 nitrogen and oxygen atoms in total. The number of sulfonamides is 2. The summed E-state index contributed by atoms with van der Waals surface area (Å²) in [7, 11) is -7.91. The highest BCUT2D eigenvalue weighted by atomic mass is 32.3. The summed E-state index contributed by atoms with van der Waals surface area (Å²) in [5.74, 6) is 0. The summed E-state index contributed by atoms with van der Waals surface area (Å²) in [5.41, 5.74) is 7.65. The molecule has 0 fully saturated rings. The molecule has 23 heavy (non-hydrogen) atoms. The number of hydrogen-bond acceptors (Lipinski definition) is 6. The third-order valence-corrected chi connectivity index (χ3v) is 7.18. The van der Waals surface area contributed by atoms with Crippen molar-refractivity contribution < 1.29 is 16.8 Å². The molecule has 0 heterocycles. The molecule has 1 aromatic rings. The molecule has 1 aromatic carbocycles. The predicted molar refractivity (Wildman–Crippen MR) is 94.4 cm³/mol. The third-order valence-electron chi connectivity index (χ3n) is 3.62. The van der Waals surface area contributed by atoms with Gasteiger partial charge >= 0.3 is 0 Å². The fourth-order valence-corrected chi connectivity index (χ4v) is 5.99. The Balaban J connectivity index is 3.46. The van der Waals surface area contributed by atoms with E-state index in [0.29, 0.717) is 15.0 Å². The quantitative estimate of drug-likeness (QED) is 0.735. The predicted octanol–water partition coefficient (Wildman–Crippen LogP) is 1.40. The molecule has 2 N–H and O–H groups in total. The molecule has 0 spiro atoms. The van der Waals surface area contributed by atoms with Gasteiger partial charge in [-0.05, 0) is 44.5 Å². The van der Waals surface area contributed by atoms with Gasteiger partial charge in [0, 0.05) is 24.5 Å². The Labute approximate surface area is 139 Å². The number of nitrogen functional groups attached to an aromatic ring is 1. The lowest BCUT2D eigenvalue weighted by molar-refractivity contribution is 0.456. The van der Waals surface area contributed by atoms with Gasteiger partial charge < -0.3 is 10.6 Å². The Bertz CT molecular complexity index is 724. The molecule has 0 aliphatic heterocycles. The van der Waals surface area contributed by atoms with Crippen molar-refractivity contribution >= 4 is 31.4 Å². The zero-order valence-corrected chi connectivity index (χ0v) is 15.8. The normalized spacial score (nSPS) is 14.0. The van der Waals surface area contributed by atoms with Crippen molar-refractivity contribution in [3.8, 4) is 0 Å². The molecular weight excluding hydrogens is 338 g/mol. The SMILES string of the molecule is CCN(CC)c1ccc(N)c(C(C)N(S(C)(=O)=O)S(C)(=O)=O)c1. The zero-order valence-electron chi connectivity index (χ0n) is 14.1. The highest BCUT2D eigenvalue weighted by Crippen LogP contribution is 2.32. The van der Waals surface area contributed by atoms with Crippen LogP contribution in [0.4, 0.5) is 11.4 Å². The Morgan fingerprint density at radius 1 is 1.04 bits per heavy atom. The molecule has 0 bridgehead atoms. The van der Waals surface area contributed by atoms with Crippen LogP contribution in [0.5, 0.6) is 0 Å². The van der Waals surface area contributed by atoms with Crippen molar-refractivity contribution in [2.75, 3.05) is 36.2 Å². The average molecular weight is 364 g/mol. The maximum atomic E-state index is 11.9. The standard InChI is InChI=1S/C14H25N3O4S2/c1-6-16(7-2)12-8-9-14(15)13(10-12)11(3)17(22(4,18)19)23(5,20)21/h8-11H,6-7,15H2,1-5H3. The number of rotatable bonds is 7. The van der Waals surface area contributed by atoms with Gasteiger partial charge in [0.1, 0.15) is 0 Å². The molecule has 0 aliphatic carbocycles. The lowest BCUT2D eigenvalue weighted by Gasteiger charge is -2.28. The minimum absolute atomic E-state index is 0.353. The van der Waals surface area contributed by atoms with Crippen LogP contribution in [0.15, 0.2) is 18.2 Å². The first-order valence-electron chi connectivity index (χ1n) is 7.27. The van der Waals surface area contributed by atoms with Crippen LogP contribution < -0.4 is 10.6 Å². The second-order valence-electron chi connectivity index (χ2n) is 5.41. The lowest BCUT2D eigenvalue weighted by atomic mass is 10.1. The van der Waals surface area contributed by atoms with Crippen molar-refractivity contribution in [1.82, 2.24) is 3.71 Å². The van der Waals surface area contributed by atoms with Crippen molar-refractivity contribution in [3.63, 3.8) is 0 Å². The fraction of sp³-hybridized carbons (Fsp3) is 0.571. The minimum atomic E-state index is -3.95. The summed E-state index contributed by atoms with van der Waals surface area (Å²) >= 11 is 0. The zero-order chi connectivity index (χ0) is 18.0. The number of hydrogen-bond donors (Lipinski definition) is 1. The van der Waals surface area contributed by atoms with E-state index in [2.05, 4.69) is 4.90 Å². The Hall–Kier alpha value is -1.32. The Morgan fingerprint density at radius 2 is 1.52 bits per heavy atom. The van der Waals surface area contributed by atoms with Gasteiger partial charge in [0.15, 0.2) is 0 Å². The van der Waals surface area contributed by atoms with Crippen LogP contribution in [-0.2, 0) is 20.0 Å². The van der Waals surface area contributed by atoms with Gasteiger partial charge in [-0.15, -0.1) is 0 Å². The van der Waals surface area contributed by atoms with Crippen molar-refractivity contribution in [2.24, 2.45) is 0 Å². The third kappa shape index (κ3) is 4.58. The van der Waals surface area contributed by atoms with Crippen LogP contribution in [0, 0.1) is 0 Å². The Kier molecular flexibility index (Phi) is 6.06. The number of benzene rings is 1. The largest absolute Gasteiger partial charge is 0.398 e. The van der Waals surface area contributed by atoms with E-state index in [1.807, 2.05) is 19.9 Å². The summed E-state index contributed by atoms with van der Waals surface area (Å²) in [6.07, 6.45) is 1.74. The van der Waals surface area contributed by atoms with Crippen LogP contribution in [0.1, 0.15) is 32.4 Å². The van der Waals surface area contributed by atoms with Crippen molar-refractivity contribution in [2.45, 2.75) is 26.8 Å². The number of anilines is 2. The van der Waals surface area contributed by atoms with Gasteiger partial charge in [-0.2, -0.15) is 0 Å². The summed E-state index contributed by atoms with van der Waals surface area (Å²) in [6, 6.07) is 4.33. The van der Waals surface area contributed by atoms with Gasteiger partial charge in [0.2, 0.25) is 20.0 Å². The van der Waals surface area contributed by atoms with Gasteiger partial charge in [-0.25, -0.2) is 16.8 Å². The van der Waals surface area contributed by atoms with E-state index in [1.54, 1.807) is 12.1 Å². The van der Waals surface area contributed by atoms with Gasteiger partial charge in [0.25, 0.3) is 0 Å². The van der Waals surface area contributed by atoms with E-state index in [-0.39, 0.29) is 0 Å². The van der Waals surface area contributed by atoms with Gasteiger partial charge in [-0.3, -0.25) is 0 Å². The molecule has 1 unspecified atom stereocenters. The Morgan fingerprint density at radius 3 is 1.91 bits per heavy atom. The van der Waals surface area contributed by atoms with Crippen LogP contribution in [0.2, 0.25) is 0 Å². The lowest BCUT2D eigenvalue weighted by Crippen LogP contribution is -2.37. The second-order valence-corrected chi connectivity index (χ2v) is 9.36. The summed E-state index contributed by atoms with van der Waals surface area (Å²) in [6.45, 7) is 7.07. The number of nitrogens with two attached hydrogens (primary N) is 1. The molecule has 0 saturated carbocycles. The maximum Gasteiger partial charge on any atom is 0.224 e. The van der Waals surface area contributed by atoms with Crippen LogP contribution >= 0.6 is 0 Å². The molecule has 1 rings (SSSR count). The molecular formula is C14H25N3O4S2. The van der Waals surface area contributed by atoms with Crippen molar-refractivity contribution in [1.29, 1.82) is 0 Å². The van der Waals surface area contributed by atoms with Crippen LogP contribution in [-0.4, -0.2) is 46.1 Å². The maximum absolute atomic E-state index is 11.9. The first-order chi connectivity index (χ1) is 10.4. The van der Waals surface area contributed by atoms with E-state index >= 15 is 0 Å². The topological polar surface area (TPSA) is 101 Å². The summed E-state index contributed by atoms with van der Waals surface area (Å²) in [5, 5.41) is 0. The fourth-order valence-electron chi connectivity index (χ4n) is 2.64. The summed E-state index contributed by atoms with van der Waals surface area (Å²) < 4.78 is 48.2. The molecule has 0 radical (unpaired) electrons. The van der Waals surface area contributed by atoms with E-state index in [1.165, 1.54) is 6.92 Å². The molecule has 0 aliphatic rings. The smallest absolute Gasteiger partial charge is 0.224 e. The second kappa shape index (κ2) is 7.06. The molecule has 0 saturated heterocycles. The van der Waals surface area contributed by atoms with Gasteiger partial charge in [-0.1, -0.05) is 3.71 Å². The van der Waals surface area contributed by atoms with Gasteiger partial charge in [0.05, 0.1) is 18.6 Å². The van der Waals surface area contributed by atoms with E-state index in [0.717, 1.165) is 31.3 Å². The average Bonchev–Trinajstić information content (AvgIpc) is 2.38. The molecule has 9 heteroatoms. The summed E-state index contributed by atoms with van der Waals surface area (Å²) in [4.78, 5) is 2.07. The first kappa shape index (κ1) is 19.7. The van der Waals surface area contributed by atoms with Crippen LogP contribution in [0.25, 0.3) is 0 Å². The van der Waals surface area contributed by atoms with E-state index in [9.17, 15) is 16.8 Å². The molecule has 0 amide bonds. The van der Waals surface area contributed by atoms with Crippen molar-refractivity contribution in [3.05, 3.63) is 23.8 Å². The molecule has 1 atom stereocenters. The van der Waals surface area contributed by atoms with Crippen LogP contribution in [0.3, 0.4) is 0 Å². The van der Waals surface area contributed by atoms with E-state index in [4.69, 9.17) is 5.73 Å². The highest BCUT2D eigenvalue weighted by Gasteiger charge is 2.34. The highest BCUT2D eigenvalue weighted by molar-refractivity contribution is 8.03.